The Morgan fingerprint density at radius 3 is 1.39 bits per heavy atom. The quantitative estimate of drug-likeness (QED) is 0.0731. The topological polar surface area (TPSA) is 247 Å². The minimum absolute atomic E-state index is 0.394. The molecule has 0 amide bonds. The van der Waals surface area contributed by atoms with Gasteiger partial charge in [0.2, 0.25) is 12.1 Å². The summed E-state index contributed by atoms with van der Waals surface area (Å²) in [6, 6.07) is 7.33. The van der Waals surface area contributed by atoms with E-state index in [0.29, 0.717) is 5.75 Å². The van der Waals surface area contributed by atoms with Crippen LogP contribution in [0.5, 0.6) is 5.75 Å². The van der Waals surface area contributed by atoms with Crippen LogP contribution in [0.25, 0.3) is 0 Å². The molecule has 21 heteroatoms. The molecular formula is C51H78O20Si. The Bertz CT molecular complexity index is 2020. The molecule has 406 valence electrons. The molecule has 0 aliphatic carbocycles. The van der Waals surface area contributed by atoms with Crippen LogP contribution in [0.1, 0.15) is 96.9 Å². The van der Waals surface area contributed by atoms with Crippen LogP contribution in [-0.4, -0.2) is 137 Å². The van der Waals surface area contributed by atoms with Gasteiger partial charge in [-0.05, 0) is 12.1 Å². The van der Waals surface area contributed by atoms with Gasteiger partial charge >= 0.3 is 47.8 Å². The maximum atomic E-state index is 13.8. The van der Waals surface area contributed by atoms with Crippen molar-refractivity contribution < 1.29 is 95.2 Å². The molecule has 9 atom stereocenters. The molecule has 2 heterocycles. The third-order valence-corrected chi connectivity index (χ3v) is 13.3. The fourth-order valence-electron chi connectivity index (χ4n) is 6.63. The van der Waals surface area contributed by atoms with Gasteiger partial charge in [-0.1, -0.05) is 134 Å². The number of esters is 8. The van der Waals surface area contributed by atoms with E-state index in [1.54, 1.807) is 67.5 Å². The largest absolute Gasteiger partial charge is 0.482 e. The Balaban J connectivity index is 2.33. The summed E-state index contributed by atoms with van der Waals surface area (Å²) in [5.41, 5.74) is 0. The Hall–Kier alpha value is -5.12. The molecule has 0 bridgehead atoms. The SMILES string of the molecule is CC(C)C(=O)OCC1O[C@H](O[C@]2(COC(=O)C(C)C)O[C@H](COC(=O)COc3ccc([Si](C)(C)C)cc3)C(OC(=O)C(C)C)C2OC(=O)C(C)C)C(OC(=O)C(C)C)C(OC(=O)C(C)C)[C@@H]1OC(=O)C(C)C. The smallest absolute Gasteiger partial charge is 0.344 e. The molecule has 0 spiro atoms. The zero-order valence-electron chi connectivity index (χ0n) is 45.0. The fraction of sp³-hybridized carbons (Fsp3) is 0.725. The van der Waals surface area contributed by atoms with Gasteiger partial charge in [-0.2, -0.15) is 0 Å². The van der Waals surface area contributed by atoms with Gasteiger partial charge in [-0.3, -0.25) is 33.6 Å². The van der Waals surface area contributed by atoms with Gasteiger partial charge < -0.3 is 56.8 Å². The van der Waals surface area contributed by atoms with E-state index in [-0.39, 0.29) is 0 Å². The minimum atomic E-state index is -2.62. The summed E-state index contributed by atoms with van der Waals surface area (Å²) in [5.74, 6) is -14.2. The van der Waals surface area contributed by atoms with Crippen molar-refractivity contribution in [2.24, 2.45) is 41.4 Å². The monoisotopic (exact) mass is 1040 g/mol. The van der Waals surface area contributed by atoms with Gasteiger partial charge in [0.15, 0.2) is 37.1 Å². The first-order chi connectivity index (χ1) is 33.4. The Labute approximate surface area is 424 Å². The number of ether oxygens (including phenoxy) is 12. The molecule has 2 aliphatic rings. The lowest BCUT2D eigenvalue weighted by Crippen LogP contribution is -2.66. The van der Waals surface area contributed by atoms with Crippen molar-refractivity contribution >= 4 is 61.0 Å². The summed E-state index contributed by atoms with van der Waals surface area (Å²) in [6.45, 7) is 25.3. The summed E-state index contributed by atoms with van der Waals surface area (Å²) in [5, 5.41) is 1.17. The molecular weight excluding hydrogens is 961 g/mol. The van der Waals surface area contributed by atoms with Crippen molar-refractivity contribution in [3.8, 4) is 5.75 Å². The standard InChI is InChI=1S/C51H78O20Si/c1-26(2)43(53)62-22-35-38(65-45(55)28(5)6)40(67-47(57)30(9)10)41(68-48(58)31(11)12)50(64-35)71-51(25-63-44(54)27(3)4)42(69-49(59)32(13)14)39(66-46(56)29(7)8)36(70-51)23-61-37(52)24-60-33-18-20-34(21-19-33)72(15,16)17/h18-21,26-32,35-36,38-42,50H,22-25H2,1-17H3/t35?,36-,38-,39?,40?,41?,42?,50-,51+/m1/s1. The number of carbonyl (C=O) groups excluding carboxylic acids is 8. The van der Waals surface area contributed by atoms with Crippen molar-refractivity contribution in [3.05, 3.63) is 24.3 Å². The first-order valence-electron chi connectivity index (χ1n) is 24.6. The Morgan fingerprint density at radius 2 is 0.917 bits per heavy atom. The Morgan fingerprint density at radius 1 is 0.500 bits per heavy atom. The molecule has 1 aromatic rings. The molecule has 5 unspecified atom stereocenters. The zero-order valence-corrected chi connectivity index (χ0v) is 46.0. The number of rotatable bonds is 24. The first-order valence-corrected chi connectivity index (χ1v) is 28.1. The van der Waals surface area contributed by atoms with E-state index in [4.69, 9.17) is 56.8 Å². The van der Waals surface area contributed by atoms with E-state index in [9.17, 15) is 38.4 Å². The van der Waals surface area contributed by atoms with Gasteiger partial charge in [0.05, 0.1) is 49.5 Å². The number of hydrogen-bond acceptors (Lipinski definition) is 20. The third kappa shape index (κ3) is 17.3. The first kappa shape index (κ1) is 61.2. The number of hydrogen-bond donors (Lipinski definition) is 0. The highest BCUT2D eigenvalue weighted by molar-refractivity contribution is 6.88. The van der Waals surface area contributed by atoms with Crippen LogP contribution in [0.4, 0.5) is 0 Å². The average molecular weight is 1040 g/mol. The lowest BCUT2D eigenvalue weighted by molar-refractivity contribution is -0.385. The zero-order chi connectivity index (χ0) is 54.6. The van der Waals surface area contributed by atoms with Crippen molar-refractivity contribution in [1.82, 2.24) is 0 Å². The number of benzene rings is 1. The van der Waals surface area contributed by atoms with E-state index in [1.165, 1.54) is 46.7 Å². The predicted octanol–water partition coefficient (Wildman–Crippen LogP) is 5.23. The molecule has 20 nitrogen and oxygen atoms in total. The summed E-state index contributed by atoms with van der Waals surface area (Å²) in [6.07, 6.45) is -14.0. The number of carbonyl (C=O) groups is 8. The second-order valence-electron chi connectivity index (χ2n) is 21.2. The second kappa shape index (κ2) is 26.7. The molecule has 0 aromatic heterocycles. The summed E-state index contributed by atoms with van der Waals surface area (Å²) < 4.78 is 72.7. The van der Waals surface area contributed by atoms with Crippen LogP contribution in [-0.2, 0) is 90.5 Å². The summed E-state index contributed by atoms with van der Waals surface area (Å²) in [4.78, 5) is 108. The lowest BCUT2D eigenvalue weighted by atomic mass is 9.96. The molecule has 1 aromatic carbocycles. The molecule has 2 fully saturated rings. The van der Waals surface area contributed by atoms with Crippen molar-refractivity contribution in [1.29, 1.82) is 0 Å². The van der Waals surface area contributed by atoms with Crippen molar-refractivity contribution in [2.45, 2.75) is 171 Å². The van der Waals surface area contributed by atoms with Crippen LogP contribution in [0, 0.1) is 41.4 Å². The molecule has 72 heavy (non-hydrogen) atoms. The predicted molar refractivity (Wildman–Crippen MR) is 258 cm³/mol. The average Bonchev–Trinajstić information content (AvgIpc) is 3.56. The summed E-state index contributed by atoms with van der Waals surface area (Å²) in [7, 11) is -1.63. The van der Waals surface area contributed by atoms with Gasteiger partial charge in [0, 0.05) is 0 Å². The highest BCUT2D eigenvalue weighted by Crippen LogP contribution is 2.42. The van der Waals surface area contributed by atoms with E-state index in [1.807, 2.05) is 12.1 Å². The normalized spacial score (nSPS) is 24.3. The molecule has 0 saturated carbocycles. The Kier molecular flexibility index (Phi) is 22.7. The highest BCUT2D eigenvalue weighted by atomic mass is 28.3. The van der Waals surface area contributed by atoms with Gasteiger partial charge in [-0.15, -0.1) is 0 Å². The van der Waals surface area contributed by atoms with Gasteiger partial charge in [0.1, 0.15) is 37.8 Å². The highest BCUT2D eigenvalue weighted by Gasteiger charge is 2.65. The van der Waals surface area contributed by atoms with E-state index in [2.05, 4.69) is 19.6 Å². The maximum absolute atomic E-state index is 13.8. The maximum Gasteiger partial charge on any atom is 0.344 e. The van der Waals surface area contributed by atoms with Gasteiger partial charge in [0.25, 0.3) is 0 Å². The van der Waals surface area contributed by atoms with Crippen molar-refractivity contribution in [3.63, 3.8) is 0 Å². The molecule has 2 saturated heterocycles. The van der Waals surface area contributed by atoms with Crippen LogP contribution in [0.3, 0.4) is 0 Å². The van der Waals surface area contributed by atoms with Crippen molar-refractivity contribution in [2.75, 3.05) is 26.4 Å². The van der Waals surface area contributed by atoms with E-state index in [0.717, 1.165) is 0 Å². The van der Waals surface area contributed by atoms with Crippen LogP contribution in [0.2, 0.25) is 19.6 Å². The van der Waals surface area contributed by atoms with Crippen LogP contribution < -0.4 is 9.92 Å². The lowest BCUT2D eigenvalue weighted by Gasteiger charge is -2.47. The second-order valence-corrected chi connectivity index (χ2v) is 26.2. The molecule has 0 radical (unpaired) electrons. The summed E-state index contributed by atoms with van der Waals surface area (Å²) >= 11 is 0. The van der Waals surface area contributed by atoms with Gasteiger partial charge in [-0.25, -0.2) is 4.79 Å². The van der Waals surface area contributed by atoms with Crippen LogP contribution >= 0.6 is 0 Å². The third-order valence-electron chi connectivity index (χ3n) is 11.2. The minimum Gasteiger partial charge on any atom is -0.482 e. The molecule has 2 aliphatic heterocycles. The fourth-order valence-corrected chi connectivity index (χ4v) is 7.80. The van der Waals surface area contributed by atoms with Crippen LogP contribution in [0.15, 0.2) is 24.3 Å². The van der Waals surface area contributed by atoms with E-state index < -0.39 is 178 Å². The molecule has 3 rings (SSSR count). The molecule has 0 N–H and O–H groups in total. The van der Waals surface area contributed by atoms with E-state index >= 15 is 0 Å².